The Bertz CT molecular complexity index is 511. The van der Waals surface area contributed by atoms with Gasteiger partial charge in [-0.15, -0.1) is 11.3 Å². The summed E-state index contributed by atoms with van der Waals surface area (Å²) in [5.74, 6) is 1.20. The Labute approximate surface area is 136 Å². The van der Waals surface area contributed by atoms with Crippen LogP contribution in [0, 0.1) is 11.8 Å². The molecule has 0 radical (unpaired) electrons. The number of rotatable bonds is 4. The molecular formula is C17H26N2O2S. The van der Waals surface area contributed by atoms with Gasteiger partial charge in [0, 0.05) is 30.1 Å². The first-order valence-electron chi connectivity index (χ1n) is 8.16. The quantitative estimate of drug-likeness (QED) is 0.920. The number of likely N-dealkylation sites (tertiary alicyclic amines) is 1. The van der Waals surface area contributed by atoms with Crippen LogP contribution >= 0.6 is 11.3 Å². The fourth-order valence-corrected chi connectivity index (χ4v) is 4.24. The molecule has 3 unspecified atom stereocenters. The number of piperidine rings is 1. The van der Waals surface area contributed by atoms with E-state index in [1.165, 1.54) is 4.88 Å². The molecule has 3 rings (SSSR count). The lowest BCUT2D eigenvalue weighted by Gasteiger charge is -2.26. The second kappa shape index (κ2) is 5.85. The molecular weight excluding hydrogens is 296 g/mol. The Kier molecular flexibility index (Phi) is 4.21. The lowest BCUT2D eigenvalue weighted by molar-refractivity contribution is 0.0268. The first-order valence-corrected chi connectivity index (χ1v) is 9.04. The van der Waals surface area contributed by atoms with E-state index in [1.54, 1.807) is 0 Å². The molecule has 5 heteroatoms. The van der Waals surface area contributed by atoms with Gasteiger partial charge in [0.1, 0.15) is 5.60 Å². The maximum absolute atomic E-state index is 12.1. The van der Waals surface area contributed by atoms with Crippen LogP contribution in [0.4, 0.5) is 4.79 Å². The van der Waals surface area contributed by atoms with Crippen molar-refractivity contribution in [2.24, 2.45) is 11.8 Å². The largest absolute Gasteiger partial charge is 0.444 e. The second-order valence-electron chi connectivity index (χ2n) is 7.38. The summed E-state index contributed by atoms with van der Waals surface area (Å²) in [6, 6.07) is 5.33. The number of carbonyl (C=O) groups excluding carboxylic acids is 1. The Morgan fingerprint density at radius 3 is 2.64 bits per heavy atom. The van der Waals surface area contributed by atoms with E-state index in [2.05, 4.69) is 29.8 Å². The van der Waals surface area contributed by atoms with E-state index in [9.17, 15) is 4.79 Å². The molecule has 2 heterocycles. The molecule has 1 saturated carbocycles. The van der Waals surface area contributed by atoms with Crippen LogP contribution in [0.3, 0.4) is 0 Å². The highest BCUT2D eigenvalue weighted by Crippen LogP contribution is 2.47. The minimum absolute atomic E-state index is 0.163. The van der Waals surface area contributed by atoms with Gasteiger partial charge in [-0.25, -0.2) is 4.79 Å². The molecule has 0 spiro atoms. The number of carbonyl (C=O) groups is 1. The van der Waals surface area contributed by atoms with Crippen molar-refractivity contribution in [2.45, 2.75) is 51.8 Å². The predicted octanol–water partition coefficient (Wildman–Crippen LogP) is 3.65. The Balaban J connectivity index is 1.49. The summed E-state index contributed by atoms with van der Waals surface area (Å²) in [5.41, 5.74) is -0.409. The number of fused-ring (bicyclic) bond motifs is 1. The zero-order chi connectivity index (χ0) is 15.9. The van der Waals surface area contributed by atoms with Crippen molar-refractivity contribution in [3.05, 3.63) is 22.4 Å². The first kappa shape index (κ1) is 15.8. The van der Waals surface area contributed by atoms with Crippen molar-refractivity contribution < 1.29 is 9.53 Å². The SMILES string of the molecule is CCC(NC1C2CN(C(=O)OC(C)(C)C)CC21)c1cccs1. The monoisotopic (exact) mass is 322 g/mol. The number of hydrogen-bond acceptors (Lipinski definition) is 4. The van der Waals surface area contributed by atoms with Crippen LogP contribution in [0.25, 0.3) is 0 Å². The van der Waals surface area contributed by atoms with Crippen molar-refractivity contribution >= 4 is 17.4 Å². The van der Waals surface area contributed by atoms with Crippen LogP contribution in [0.15, 0.2) is 17.5 Å². The highest BCUT2D eigenvalue weighted by atomic mass is 32.1. The van der Waals surface area contributed by atoms with Gasteiger partial charge in [0.25, 0.3) is 0 Å². The number of nitrogens with zero attached hydrogens (tertiary/aromatic N) is 1. The average Bonchev–Trinajstić information content (AvgIpc) is 2.91. The zero-order valence-corrected chi connectivity index (χ0v) is 14.7. The molecule has 22 heavy (non-hydrogen) atoms. The van der Waals surface area contributed by atoms with E-state index < -0.39 is 5.60 Å². The van der Waals surface area contributed by atoms with E-state index in [4.69, 9.17) is 4.74 Å². The molecule has 1 aromatic heterocycles. The molecule has 122 valence electrons. The molecule has 0 aromatic carbocycles. The molecule has 0 bridgehead atoms. The van der Waals surface area contributed by atoms with Gasteiger partial charge in [-0.3, -0.25) is 0 Å². The molecule has 2 aliphatic rings. The maximum Gasteiger partial charge on any atom is 0.410 e. The van der Waals surface area contributed by atoms with E-state index in [0.717, 1.165) is 19.5 Å². The third kappa shape index (κ3) is 3.30. The molecule has 1 aromatic rings. The number of amides is 1. The van der Waals surface area contributed by atoms with Crippen LogP contribution < -0.4 is 5.32 Å². The van der Waals surface area contributed by atoms with Gasteiger partial charge in [-0.1, -0.05) is 13.0 Å². The van der Waals surface area contributed by atoms with Crippen LogP contribution in [0.2, 0.25) is 0 Å². The van der Waals surface area contributed by atoms with Crippen molar-refractivity contribution in [3.63, 3.8) is 0 Å². The van der Waals surface area contributed by atoms with E-state index in [1.807, 2.05) is 37.0 Å². The van der Waals surface area contributed by atoms with Crippen LogP contribution in [-0.4, -0.2) is 35.7 Å². The number of nitrogens with one attached hydrogen (secondary N) is 1. The van der Waals surface area contributed by atoms with Gasteiger partial charge in [0.05, 0.1) is 0 Å². The molecule has 1 amide bonds. The molecule has 1 aliphatic heterocycles. The highest BCUT2D eigenvalue weighted by Gasteiger charge is 2.57. The lowest BCUT2D eigenvalue weighted by atomic mass is 10.2. The molecule has 4 nitrogen and oxygen atoms in total. The van der Waals surface area contributed by atoms with Gasteiger partial charge >= 0.3 is 6.09 Å². The third-order valence-electron chi connectivity index (χ3n) is 4.53. The smallest absolute Gasteiger partial charge is 0.410 e. The third-order valence-corrected chi connectivity index (χ3v) is 5.52. The standard InChI is InChI=1S/C17H26N2O2S/c1-5-13(14-7-6-8-22-14)18-15-11-9-19(10-12(11)15)16(20)21-17(2,3)4/h6-8,11-13,15,18H,5,9-10H2,1-4H3. The Morgan fingerprint density at radius 1 is 1.45 bits per heavy atom. The Morgan fingerprint density at radius 2 is 2.14 bits per heavy atom. The van der Waals surface area contributed by atoms with Crippen molar-refractivity contribution in [2.75, 3.05) is 13.1 Å². The molecule has 2 fully saturated rings. The summed E-state index contributed by atoms with van der Waals surface area (Å²) in [7, 11) is 0. The van der Waals surface area contributed by atoms with Gasteiger partial charge in [0.15, 0.2) is 0 Å². The van der Waals surface area contributed by atoms with Gasteiger partial charge in [0.2, 0.25) is 0 Å². The summed E-state index contributed by atoms with van der Waals surface area (Å²) in [6.45, 7) is 9.63. The number of hydrogen-bond donors (Lipinski definition) is 1. The summed E-state index contributed by atoms with van der Waals surface area (Å²) < 4.78 is 5.46. The van der Waals surface area contributed by atoms with Gasteiger partial charge in [-0.05, 0) is 50.5 Å². The summed E-state index contributed by atoms with van der Waals surface area (Å²) in [6.07, 6.45) is 0.940. The topological polar surface area (TPSA) is 41.6 Å². The molecule has 1 saturated heterocycles. The van der Waals surface area contributed by atoms with E-state index in [-0.39, 0.29) is 6.09 Å². The fraction of sp³-hybridized carbons (Fsp3) is 0.706. The maximum atomic E-state index is 12.1. The minimum atomic E-state index is -0.409. The van der Waals surface area contributed by atoms with Crippen molar-refractivity contribution in [1.29, 1.82) is 0 Å². The summed E-state index contributed by atoms with van der Waals surface area (Å²) in [5, 5.41) is 5.92. The average molecular weight is 322 g/mol. The van der Waals surface area contributed by atoms with Crippen molar-refractivity contribution in [1.82, 2.24) is 10.2 Å². The molecule has 1 aliphatic carbocycles. The number of thiophene rings is 1. The molecule has 3 atom stereocenters. The summed E-state index contributed by atoms with van der Waals surface area (Å²) in [4.78, 5) is 15.4. The van der Waals surface area contributed by atoms with E-state index in [0.29, 0.717) is 23.9 Å². The number of ether oxygens (including phenoxy) is 1. The van der Waals surface area contributed by atoms with Crippen LogP contribution in [0.5, 0.6) is 0 Å². The Hall–Kier alpha value is -1.07. The second-order valence-corrected chi connectivity index (χ2v) is 8.36. The molecule has 1 N–H and O–H groups in total. The lowest BCUT2D eigenvalue weighted by Crippen LogP contribution is -2.39. The predicted molar refractivity (Wildman–Crippen MR) is 89.1 cm³/mol. The van der Waals surface area contributed by atoms with Crippen molar-refractivity contribution in [3.8, 4) is 0 Å². The minimum Gasteiger partial charge on any atom is -0.444 e. The van der Waals surface area contributed by atoms with Gasteiger partial charge in [-0.2, -0.15) is 0 Å². The van der Waals surface area contributed by atoms with E-state index >= 15 is 0 Å². The summed E-state index contributed by atoms with van der Waals surface area (Å²) >= 11 is 1.82. The highest BCUT2D eigenvalue weighted by molar-refractivity contribution is 7.10. The van der Waals surface area contributed by atoms with Crippen LogP contribution in [0.1, 0.15) is 45.0 Å². The fourth-order valence-electron chi connectivity index (χ4n) is 3.37. The normalized spacial score (nSPS) is 28.4. The first-order chi connectivity index (χ1) is 10.4. The van der Waals surface area contributed by atoms with Gasteiger partial charge < -0.3 is 15.0 Å². The van der Waals surface area contributed by atoms with Crippen LogP contribution in [-0.2, 0) is 4.74 Å². The zero-order valence-electron chi connectivity index (χ0n) is 13.8.